The number of benzene rings is 1. The van der Waals surface area contributed by atoms with Crippen LogP contribution in [0.25, 0.3) is 0 Å². The number of aromatic nitrogens is 2. The first-order valence-electron chi connectivity index (χ1n) is 4.70. The number of rotatable bonds is 3. The van der Waals surface area contributed by atoms with E-state index in [0.717, 1.165) is 11.4 Å². The third-order valence-electron chi connectivity index (χ3n) is 2.24. The van der Waals surface area contributed by atoms with Gasteiger partial charge in [-0.2, -0.15) is 0 Å². The summed E-state index contributed by atoms with van der Waals surface area (Å²) in [4.78, 5) is 1.94. The number of nitrogens with zero attached hydrogens (tertiary/aromatic N) is 3. The molecule has 2 aromatic rings. The zero-order valence-electron chi connectivity index (χ0n) is 8.72. The topological polar surface area (TPSA) is 55.0 Å². The third-order valence-corrected chi connectivity index (χ3v) is 2.84. The van der Waals surface area contributed by atoms with Gasteiger partial charge in [-0.05, 0) is 24.3 Å². The van der Waals surface area contributed by atoms with Crippen molar-refractivity contribution in [1.29, 1.82) is 0 Å². The predicted molar refractivity (Wildman–Crippen MR) is 62.8 cm³/mol. The van der Waals surface area contributed by atoms with Gasteiger partial charge in [-0.25, -0.2) is 4.39 Å². The van der Waals surface area contributed by atoms with Gasteiger partial charge >= 0.3 is 0 Å². The largest absolute Gasteiger partial charge is 0.388 e. The maximum atomic E-state index is 12.7. The van der Waals surface area contributed by atoms with Crippen molar-refractivity contribution in [3.8, 4) is 0 Å². The summed E-state index contributed by atoms with van der Waals surface area (Å²) in [6, 6.07) is 6.28. The molecule has 0 amide bonds. The average Bonchev–Trinajstić information content (AvgIpc) is 2.65. The molecule has 1 aromatic carbocycles. The van der Waals surface area contributed by atoms with Gasteiger partial charge in [-0.1, -0.05) is 4.49 Å². The van der Waals surface area contributed by atoms with Gasteiger partial charge in [0, 0.05) is 24.3 Å². The summed E-state index contributed by atoms with van der Waals surface area (Å²) in [6.07, 6.45) is 0. The highest BCUT2D eigenvalue weighted by Gasteiger charge is 2.08. The lowest BCUT2D eigenvalue weighted by Crippen LogP contribution is -2.17. The second kappa shape index (κ2) is 4.44. The van der Waals surface area contributed by atoms with Gasteiger partial charge in [-0.15, -0.1) is 5.10 Å². The van der Waals surface area contributed by atoms with Crippen LogP contribution in [0.5, 0.6) is 0 Å². The van der Waals surface area contributed by atoms with Crippen LogP contribution in [0.2, 0.25) is 0 Å². The summed E-state index contributed by atoms with van der Waals surface area (Å²) in [6.45, 7) is 0.563. The molecule has 0 aliphatic carbocycles. The molecule has 0 radical (unpaired) electrons. The average molecular weight is 238 g/mol. The first kappa shape index (κ1) is 10.8. The van der Waals surface area contributed by atoms with E-state index >= 15 is 0 Å². The zero-order chi connectivity index (χ0) is 11.5. The van der Waals surface area contributed by atoms with Crippen LogP contribution in [0, 0.1) is 5.82 Å². The van der Waals surface area contributed by atoms with Crippen molar-refractivity contribution in [3.63, 3.8) is 0 Å². The van der Waals surface area contributed by atoms with Gasteiger partial charge < -0.3 is 10.6 Å². The van der Waals surface area contributed by atoms with Gasteiger partial charge in [0.15, 0.2) is 0 Å². The maximum Gasteiger partial charge on any atom is 0.132 e. The lowest BCUT2D eigenvalue weighted by molar-refractivity contribution is 0.627. The van der Waals surface area contributed by atoms with Gasteiger partial charge in [-0.3, -0.25) is 0 Å². The molecule has 0 bridgehead atoms. The standard InChI is InChI=1S/C10H11FN4S/c1-15(6-9-10(12)16-14-13-9)8-4-2-7(11)3-5-8/h2-5H,6,12H2,1H3. The molecule has 4 nitrogen and oxygen atoms in total. The molecule has 0 saturated heterocycles. The normalized spacial score (nSPS) is 10.4. The Hall–Kier alpha value is -1.69. The van der Waals surface area contributed by atoms with Crippen molar-refractivity contribution in [2.45, 2.75) is 6.54 Å². The number of halogens is 1. The van der Waals surface area contributed by atoms with Crippen molar-refractivity contribution >= 4 is 22.2 Å². The number of nitrogen functional groups attached to an aromatic ring is 1. The molecule has 0 saturated carbocycles. The zero-order valence-corrected chi connectivity index (χ0v) is 9.54. The van der Waals surface area contributed by atoms with E-state index in [1.54, 1.807) is 12.1 Å². The second-order valence-corrected chi connectivity index (χ2v) is 4.20. The Morgan fingerprint density at radius 2 is 2.06 bits per heavy atom. The minimum atomic E-state index is -0.244. The molecule has 84 valence electrons. The van der Waals surface area contributed by atoms with Crippen LogP contribution >= 0.6 is 11.5 Å². The molecule has 0 fully saturated rings. The third kappa shape index (κ3) is 2.27. The Bertz CT molecular complexity index is 468. The highest BCUT2D eigenvalue weighted by Crippen LogP contribution is 2.19. The van der Waals surface area contributed by atoms with Crippen LogP contribution < -0.4 is 10.6 Å². The number of hydrogen-bond donors (Lipinski definition) is 1. The summed E-state index contributed by atoms with van der Waals surface area (Å²) >= 11 is 1.17. The summed E-state index contributed by atoms with van der Waals surface area (Å²) in [5.74, 6) is -0.244. The Morgan fingerprint density at radius 3 is 2.62 bits per heavy atom. The quantitative estimate of drug-likeness (QED) is 0.887. The molecule has 1 aromatic heterocycles. The van der Waals surface area contributed by atoms with Crippen LogP contribution in [0.3, 0.4) is 0 Å². The van der Waals surface area contributed by atoms with Crippen LogP contribution in [0.15, 0.2) is 24.3 Å². The number of anilines is 2. The van der Waals surface area contributed by atoms with Gasteiger partial charge in [0.05, 0.1) is 6.54 Å². The van der Waals surface area contributed by atoms with E-state index in [-0.39, 0.29) is 5.82 Å². The lowest BCUT2D eigenvalue weighted by Gasteiger charge is -2.17. The Labute approximate surface area is 96.7 Å². The van der Waals surface area contributed by atoms with Crippen molar-refractivity contribution < 1.29 is 4.39 Å². The minimum Gasteiger partial charge on any atom is -0.388 e. The first-order chi connectivity index (χ1) is 7.66. The van der Waals surface area contributed by atoms with Crippen molar-refractivity contribution in [2.75, 3.05) is 17.7 Å². The summed E-state index contributed by atoms with van der Waals surface area (Å²) in [5, 5.41) is 4.55. The summed E-state index contributed by atoms with van der Waals surface area (Å²) in [5.41, 5.74) is 7.36. The van der Waals surface area contributed by atoms with Crippen molar-refractivity contribution in [1.82, 2.24) is 9.59 Å². The smallest absolute Gasteiger partial charge is 0.132 e. The Balaban J connectivity index is 2.11. The number of hydrogen-bond acceptors (Lipinski definition) is 5. The van der Waals surface area contributed by atoms with Crippen molar-refractivity contribution in [2.24, 2.45) is 0 Å². The highest BCUT2D eigenvalue weighted by molar-refractivity contribution is 7.09. The Kier molecular flexibility index (Phi) is 3.00. The maximum absolute atomic E-state index is 12.7. The summed E-state index contributed by atoms with van der Waals surface area (Å²) in [7, 11) is 1.89. The highest BCUT2D eigenvalue weighted by atomic mass is 32.1. The van der Waals surface area contributed by atoms with Gasteiger partial charge in [0.25, 0.3) is 0 Å². The fourth-order valence-corrected chi connectivity index (χ4v) is 1.77. The molecular formula is C10H11FN4S. The van der Waals surface area contributed by atoms with E-state index in [9.17, 15) is 4.39 Å². The van der Waals surface area contributed by atoms with Crippen LogP contribution in [-0.4, -0.2) is 16.6 Å². The predicted octanol–water partition coefficient (Wildman–Crippen LogP) is 1.90. The van der Waals surface area contributed by atoms with E-state index in [4.69, 9.17) is 5.73 Å². The van der Waals surface area contributed by atoms with Crippen LogP contribution in [0.4, 0.5) is 15.1 Å². The van der Waals surface area contributed by atoms with Crippen molar-refractivity contribution in [3.05, 3.63) is 35.8 Å². The molecule has 0 aliphatic rings. The summed E-state index contributed by atoms with van der Waals surface area (Å²) < 4.78 is 16.5. The van der Waals surface area contributed by atoms with E-state index in [0.29, 0.717) is 11.5 Å². The van der Waals surface area contributed by atoms with E-state index in [1.807, 2.05) is 11.9 Å². The fourth-order valence-electron chi connectivity index (χ4n) is 1.34. The molecule has 0 spiro atoms. The molecule has 0 aliphatic heterocycles. The molecule has 1 heterocycles. The molecular weight excluding hydrogens is 227 g/mol. The lowest BCUT2D eigenvalue weighted by atomic mass is 10.3. The van der Waals surface area contributed by atoms with E-state index in [2.05, 4.69) is 9.59 Å². The molecule has 0 unspecified atom stereocenters. The van der Waals surface area contributed by atoms with Gasteiger partial charge in [0.1, 0.15) is 16.5 Å². The first-order valence-corrected chi connectivity index (χ1v) is 5.47. The Morgan fingerprint density at radius 1 is 1.38 bits per heavy atom. The molecule has 16 heavy (non-hydrogen) atoms. The molecule has 2 rings (SSSR count). The monoisotopic (exact) mass is 238 g/mol. The van der Waals surface area contributed by atoms with E-state index in [1.165, 1.54) is 23.7 Å². The van der Waals surface area contributed by atoms with Crippen LogP contribution in [0.1, 0.15) is 5.69 Å². The van der Waals surface area contributed by atoms with Crippen LogP contribution in [-0.2, 0) is 6.54 Å². The van der Waals surface area contributed by atoms with E-state index < -0.39 is 0 Å². The molecule has 0 atom stereocenters. The minimum absolute atomic E-state index is 0.244. The number of nitrogens with two attached hydrogens (primary N) is 1. The molecule has 2 N–H and O–H groups in total. The van der Waals surface area contributed by atoms with Gasteiger partial charge in [0.2, 0.25) is 0 Å². The fraction of sp³-hybridized carbons (Fsp3) is 0.200. The molecule has 6 heteroatoms. The second-order valence-electron chi connectivity index (χ2n) is 3.42. The SMILES string of the molecule is CN(Cc1nnsc1N)c1ccc(F)cc1.